The third-order valence-electron chi connectivity index (χ3n) is 6.40. The van der Waals surface area contributed by atoms with Crippen LogP contribution in [0.25, 0.3) is 0 Å². The summed E-state index contributed by atoms with van der Waals surface area (Å²) in [6.07, 6.45) is 5.50. The van der Waals surface area contributed by atoms with Gasteiger partial charge in [-0.05, 0) is 67.1 Å². The van der Waals surface area contributed by atoms with Crippen molar-refractivity contribution >= 4 is 5.97 Å². The Bertz CT molecular complexity index is 621. The van der Waals surface area contributed by atoms with Gasteiger partial charge >= 0.3 is 5.97 Å². The Morgan fingerprint density at radius 1 is 1.28 bits per heavy atom. The normalized spacial score (nSPS) is 33.1. The first kappa shape index (κ1) is 18.2. The van der Waals surface area contributed by atoms with Crippen molar-refractivity contribution in [1.29, 1.82) is 0 Å². The maximum absolute atomic E-state index is 12.4. The molecule has 1 fully saturated rings. The Labute approximate surface area is 151 Å². The molecule has 0 saturated heterocycles. The lowest BCUT2D eigenvalue weighted by atomic mass is 9.59. The third kappa shape index (κ3) is 3.82. The topological polar surface area (TPSA) is 46.5 Å². The van der Waals surface area contributed by atoms with E-state index in [1.54, 1.807) is 12.1 Å². The molecule has 136 valence electrons. The van der Waals surface area contributed by atoms with Crippen LogP contribution < -0.4 is 0 Å². The highest BCUT2D eigenvalue weighted by atomic mass is 16.5. The van der Waals surface area contributed by atoms with Crippen LogP contribution in [-0.4, -0.2) is 23.8 Å². The standard InChI is InChI=1S/C22H30O3/c1-14-9-10-18(16(3)13-23)20-11-15(2)21(12-19(14)20)25-22(24)17-7-5-4-6-8-17/h4-8,11,14,16,18-21,23H,9-10,12-13H2,1-3H3/t14-,16+,18+,19+,20+,21-/m1/s1. The number of fused-ring (bicyclic) bond motifs is 1. The number of aliphatic hydroxyl groups excluding tert-OH is 1. The van der Waals surface area contributed by atoms with Gasteiger partial charge in [0, 0.05) is 6.61 Å². The van der Waals surface area contributed by atoms with Gasteiger partial charge in [0.25, 0.3) is 0 Å². The highest BCUT2D eigenvalue weighted by molar-refractivity contribution is 5.89. The fourth-order valence-electron chi connectivity index (χ4n) is 4.75. The summed E-state index contributed by atoms with van der Waals surface area (Å²) >= 11 is 0. The summed E-state index contributed by atoms with van der Waals surface area (Å²) in [5, 5.41) is 9.62. The van der Waals surface area contributed by atoms with Crippen LogP contribution in [0.1, 0.15) is 50.4 Å². The van der Waals surface area contributed by atoms with Gasteiger partial charge in [0.15, 0.2) is 0 Å². The molecule has 0 amide bonds. The van der Waals surface area contributed by atoms with E-state index >= 15 is 0 Å². The summed E-state index contributed by atoms with van der Waals surface area (Å²) < 4.78 is 5.85. The SMILES string of the molecule is CC1=C[C@@H]2[C@@H](C[C@H]1OC(=O)c1ccccc1)[C@H](C)CC[C@H]2[C@@H](C)CO. The molecule has 0 radical (unpaired) electrons. The minimum atomic E-state index is -0.236. The first-order valence-corrected chi connectivity index (χ1v) is 9.56. The quantitative estimate of drug-likeness (QED) is 0.649. The van der Waals surface area contributed by atoms with Gasteiger partial charge in [-0.1, -0.05) is 44.5 Å². The minimum absolute atomic E-state index is 0.125. The van der Waals surface area contributed by atoms with Crippen LogP contribution in [0.5, 0.6) is 0 Å². The zero-order valence-corrected chi connectivity index (χ0v) is 15.5. The van der Waals surface area contributed by atoms with Crippen molar-refractivity contribution in [1.82, 2.24) is 0 Å². The highest BCUT2D eigenvalue weighted by Crippen LogP contribution is 2.48. The molecule has 3 nitrogen and oxygen atoms in total. The smallest absolute Gasteiger partial charge is 0.338 e. The number of hydrogen-bond acceptors (Lipinski definition) is 3. The molecule has 6 atom stereocenters. The van der Waals surface area contributed by atoms with Crippen molar-refractivity contribution < 1.29 is 14.6 Å². The van der Waals surface area contributed by atoms with E-state index in [4.69, 9.17) is 4.74 Å². The molecule has 1 N–H and O–H groups in total. The highest BCUT2D eigenvalue weighted by Gasteiger charge is 2.42. The molecule has 2 aliphatic carbocycles. The van der Waals surface area contributed by atoms with Crippen LogP contribution >= 0.6 is 0 Å². The van der Waals surface area contributed by atoms with Gasteiger partial charge in [-0.2, -0.15) is 0 Å². The van der Waals surface area contributed by atoms with Gasteiger partial charge in [0.1, 0.15) is 6.10 Å². The molecule has 1 saturated carbocycles. The average Bonchev–Trinajstić information content (AvgIpc) is 2.63. The molecular formula is C22H30O3. The summed E-state index contributed by atoms with van der Waals surface area (Å²) in [6.45, 7) is 6.81. The fraction of sp³-hybridized carbons (Fsp3) is 0.591. The van der Waals surface area contributed by atoms with E-state index < -0.39 is 0 Å². The number of carbonyl (C=O) groups excluding carboxylic acids is 1. The Hall–Kier alpha value is -1.61. The molecule has 3 heteroatoms. The first-order chi connectivity index (χ1) is 12.0. The Morgan fingerprint density at radius 3 is 2.68 bits per heavy atom. The van der Waals surface area contributed by atoms with Crippen LogP contribution in [0.4, 0.5) is 0 Å². The summed E-state index contributed by atoms with van der Waals surface area (Å²) in [4.78, 5) is 12.4. The second-order valence-electron chi connectivity index (χ2n) is 8.03. The molecule has 1 aromatic carbocycles. The lowest BCUT2D eigenvalue weighted by molar-refractivity contribution is 0.00469. The van der Waals surface area contributed by atoms with E-state index in [1.165, 1.54) is 12.8 Å². The maximum Gasteiger partial charge on any atom is 0.338 e. The fourth-order valence-corrected chi connectivity index (χ4v) is 4.75. The monoisotopic (exact) mass is 342 g/mol. The molecule has 0 bridgehead atoms. The molecule has 25 heavy (non-hydrogen) atoms. The molecule has 1 aromatic rings. The molecule has 0 aromatic heterocycles. The van der Waals surface area contributed by atoms with Gasteiger partial charge in [-0.25, -0.2) is 4.79 Å². The van der Waals surface area contributed by atoms with E-state index in [0.29, 0.717) is 35.2 Å². The third-order valence-corrected chi connectivity index (χ3v) is 6.40. The largest absolute Gasteiger partial charge is 0.454 e. The molecule has 3 rings (SSSR count). The second-order valence-corrected chi connectivity index (χ2v) is 8.03. The molecular weight excluding hydrogens is 312 g/mol. The number of rotatable bonds is 4. The van der Waals surface area contributed by atoms with Gasteiger partial charge in [-0.3, -0.25) is 0 Å². The lowest BCUT2D eigenvalue weighted by Gasteiger charge is -2.47. The number of carbonyl (C=O) groups is 1. The lowest BCUT2D eigenvalue weighted by Crippen LogP contribution is -2.42. The average molecular weight is 342 g/mol. The summed E-state index contributed by atoms with van der Waals surface area (Å²) in [5.74, 6) is 2.29. The first-order valence-electron chi connectivity index (χ1n) is 9.56. The summed E-state index contributed by atoms with van der Waals surface area (Å²) in [7, 11) is 0. The Balaban J connectivity index is 1.77. The zero-order chi connectivity index (χ0) is 18.0. The predicted octanol–water partition coefficient (Wildman–Crippen LogP) is 4.47. The van der Waals surface area contributed by atoms with E-state index in [-0.39, 0.29) is 18.7 Å². The molecule has 0 aliphatic heterocycles. The van der Waals surface area contributed by atoms with Gasteiger partial charge in [-0.15, -0.1) is 0 Å². The van der Waals surface area contributed by atoms with Gasteiger partial charge in [0.05, 0.1) is 5.56 Å². The van der Waals surface area contributed by atoms with E-state index in [1.807, 2.05) is 18.2 Å². The number of esters is 1. The summed E-state index contributed by atoms with van der Waals surface area (Å²) in [5.41, 5.74) is 1.77. The Morgan fingerprint density at radius 2 is 2.00 bits per heavy atom. The van der Waals surface area contributed by atoms with Crippen LogP contribution in [0.2, 0.25) is 0 Å². The number of allylic oxidation sites excluding steroid dienone is 1. The number of ether oxygens (including phenoxy) is 1. The van der Waals surface area contributed by atoms with E-state index in [0.717, 1.165) is 12.0 Å². The van der Waals surface area contributed by atoms with Crippen LogP contribution in [0, 0.1) is 29.6 Å². The zero-order valence-electron chi connectivity index (χ0n) is 15.5. The minimum Gasteiger partial charge on any atom is -0.454 e. The summed E-state index contributed by atoms with van der Waals surface area (Å²) in [6, 6.07) is 9.23. The molecule has 0 spiro atoms. The predicted molar refractivity (Wildman–Crippen MR) is 99.1 cm³/mol. The van der Waals surface area contributed by atoms with Crippen LogP contribution in [0.3, 0.4) is 0 Å². The number of hydrogen-bond donors (Lipinski definition) is 1. The second kappa shape index (κ2) is 7.74. The van der Waals surface area contributed by atoms with Crippen molar-refractivity contribution in [3.05, 3.63) is 47.5 Å². The van der Waals surface area contributed by atoms with Gasteiger partial charge in [0.2, 0.25) is 0 Å². The van der Waals surface area contributed by atoms with Crippen molar-refractivity contribution in [3.63, 3.8) is 0 Å². The van der Waals surface area contributed by atoms with E-state index in [2.05, 4.69) is 26.8 Å². The number of aliphatic hydroxyl groups is 1. The van der Waals surface area contributed by atoms with E-state index in [9.17, 15) is 9.90 Å². The van der Waals surface area contributed by atoms with Gasteiger partial charge < -0.3 is 9.84 Å². The molecule has 2 aliphatic rings. The van der Waals surface area contributed by atoms with Crippen molar-refractivity contribution in [2.75, 3.05) is 6.61 Å². The number of benzene rings is 1. The van der Waals surface area contributed by atoms with Crippen LogP contribution in [0.15, 0.2) is 42.0 Å². The van der Waals surface area contributed by atoms with Crippen molar-refractivity contribution in [3.8, 4) is 0 Å². The van der Waals surface area contributed by atoms with Crippen molar-refractivity contribution in [2.24, 2.45) is 29.6 Å². The molecule has 0 heterocycles. The molecule has 0 unspecified atom stereocenters. The maximum atomic E-state index is 12.4. The van der Waals surface area contributed by atoms with Crippen molar-refractivity contribution in [2.45, 2.75) is 46.1 Å². The Kier molecular flexibility index (Phi) is 5.63. The van der Waals surface area contributed by atoms with Crippen LogP contribution in [-0.2, 0) is 4.74 Å².